The SMILES string of the molecule is CCCN(CCO)C(=O)Nc1cc(OC)c(OC)cc1Br. The van der Waals surface area contributed by atoms with Crippen LogP contribution in [-0.2, 0) is 0 Å². The number of carbonyl (C=O) groups is 1. The molecule has 0 unspecified atom stereocenters. The Morgan fingerprint density at radius 2 is 1.90 bits per heavy atom. The Kier molecular flexibility index (Phi) is 7.31. The molecular weight excluding hydrogens is 340 g/mol. The Hall–Kier alpha value is -1.47. The quantitative estimate of drug-likeness (QED) is 0.784. The van der Waals surface area contributed by atoms with Gasteiger partial charge in [-0.25, -0.2) is 4.79 Å². The van der Waals surface area contributed by atoms with Crippen molar-refractivity contribution >= 4 is 27.6 Å². The van der Waals surface area contributed by atoms with Gasteiger partial charge in [0.2, 0.25) is 0 Å². The van der Waals surface area contributed by atoms with Crippen LogP contribution in [0.5, 0.6) is 11.5 Å². The number of ether oxygens (including phenoxy) is 2. The number of aliphatic hydroxyl groups is 1. The number of benzene rings is 1. The van der Waals surface area contributed by atoms with E-state index in [1.54, 1.807) is 24.1 Å². The maximum absolute atomic E-state index is 12.2. The number of urea groups is 1. The molecule has 0 spiro atoms. The second-order valence-electron chi connectivity index (χ2n) is 4.33. The van der Waals surface area contributed by atoms with Crippen molar-refractivity contribution in [1.82, 2.24) is 4.90 Å². The van der Waals surface area contributed by atoms with Gasteiger partial charge in [0.05, 0.1) is 26.5 Å². The van der Waals surface area contributed by atoms with E-state index in [0.29, 0.717) is 34.7 Å². The highest BCUT2D eigenvalue weighted by molar-refractivity contribution is 9.10. The molecule has 0 aromatic heterocycles. The van der Waals surface area contributed by atoms with Gasteiger partial charge in [0.25, 0.3) is 0 Å². The molecular formula is C14H21BrN2O4. The number of amides is 2. The molecule has 6 nitrogen and oxygen atoms in total. The van der Waals surface area contributed by atoms with Crippen LogP contribution in [0.15, 0.2) is 16.6 Å². The molecule has 0 radical (unpaired) electrons. The summed E-state index contributed by atoms with van der Waals surface area (Å²) in [6.07, 6.45) is 0.820. The third-order valence-electron chi connectivity index (χ3n) is 2.87. The summed E-state index contributed by atoms with van der Waals surface area (Å²) < 4.78 is 11.1. The summed E-state index contributed by atoms with van der Waals surface area (Å²) in [6.45, 7) is 2.78. The number of anilines is 1. The summed E-state index contributed by atoms with van der Waals surface area (Å²) in [5.74, 6) is 1.10. The van der Waals surface area contributed by atoms with Gasteiger partial charge < -0.3 is 24.8 Å². The summed E-state index contributed by atoms with van der Waals surface area (Å²) in [4.78, 5) is 13.8. The molecule has 0 aliphatic carbocycles. The number of hydrogen-bond acceptors (Lipinski definition) is 4. The maximum atomic E-state index is 12.2. The van der Waals surface area contributed by atoms with Crippen LogP contribution in [0.2, 0.25) is 0 Å². The molecule has 2 N–H and O–H groups in total. The summed E-state index contributed by atoms with van der Waals surface area (Å²) in [6, 6.07) is 3.15. The molecule has 0 saturated carbocycles. The predicted octanol–water partition coefficient (Wildman–Crippen LogP) is 2.70. The number of methoxy groups -OCH3 is 2. The van der Waals surface area contributed by atoms with Gasteiger partial charge in [-0.15, -0.1) is 0 Å². The van der Waals surface area contributed by atoms with Crippen molar-refractivity contribution < 1.29 is 19.4 Å². The molecule has 0 aliphatic rings. The first kappa shape index (κ1) is 17.6. The molecule has 0 saturated heterocycles. The molecule has 21 heavy (non-hydrogen) atoms. The Balaban J connectivity index is 2.93. The minimum absolute atomic E-state index is 0.0689. The van der Waals surface area contributed by atoms with Crippen LogP contribution in [0, 0.1) is 0 Å². The van der Waals surface area contributed by atoms with Crippen LogP contribution < -0.4 is 14.8 Å². The van der Waals surface area contributed by atoms with E-state index in [0.717, 1.165) is 6.42 Å². The highest BCUT2D eigenvalue weighted by atomic mass is 79.9. The molecule has 118 valence electrons. The normalized spacial score (nSPS) is 10.1. The van der Waals surface area contributed by atoms with Crippen molar-refractivity contribution in [3.05, 3.63) is 16.6 Å². The van der Waals surface area contributed by atoms with Crippen molar-refractivity contribution in [3.63, 3.8) is 0 Å². The summed E-state index contributed by atoms with van der Waals surface area (Å²) in [7, 11) is 3.08. The lowest BCUT2D eigenvalue weighted by molar-refractivity contribution is 0.188. The fourth-order valence-corrected chi connectivity index (χ4v) is 2.27. The monoisotopic (exact) mass is 360 g/mol. The number of carbonyl (C=O) groups excluding carboxylic acids is 1. The predicted molar refractivity (Wildman–Crippen MR) is 85.2 cm³/mol. The van der Waals surface area contributed by atoms with E-state index in [2.05, 4.69) is 21.2 Å². The highest BCUT2D eigenvalue weighted by Gasteiger charge is 2.16. The van der Waals surface area contributed by atoms with Gasteiger partial charge in [0.1, 0.15) is 0 Å². The molecule has 0 aliphatic heterocycles. The van der Waals surface area contributed by atoms with Crippen LogP contribution in [0.25, 0.3) is 0 Å². The number of nitrogens with zero attached hydrogens (tertiary/aromatic N) is 1. The van der Waals surface area contributed by atoms with Crippen molar-refractivity contribution in [1.29, 1.82) is 0 Å². The Morgan fingerprint density at radius 1 is 1.29 bits per heavy atom. The molecule has 2 amide bonds. The van der Waals surface area contributed by atoms with E-state index < -0.39 is 0 Å². The maximum Gasteiger partial charge on any atom is 0.321 e. The number of halogens is 1. The van der Waals surface area contributed by atoms with Crippen molar-refractivity contribution in [2.24, 2.45) is 0 Å². The standard InChI is InChI=1S/C14H21BrN2O4/c1-4-5-17(6-7-18)14(19)16-11-9-13(21-3)12(20-2)8-10(11)15/h8-9,18H,4-7H2,1-3H3,(H,16,19). The van der Waals surface area contributed by atoms with Crippen LogP contribution >= 0.6 is 15.9 Å². The first-order chi connectivity index (χ1) is 10.1. The van der Waals surface area contributed by atoms with E-state index in [4.69, 9.17) is 14.6 Å². The Morgan fingerprint density at radius 3 is 2.43 bits per heavy atom. The van der Waals surface area contributed by atoms with Crippen LogP contribution in [0.4, 0.5) is 10.5 Å². The van der Waals surface area contributed by atoms with Gasteiger partial charge in [-0.3, -0.25) is 0 Å². The lowest BCUT2D eigenvalue weighted by Crippen LogP contribution is -2.37. The Labute approximate surface area is 133 Å². The van der Waals surface area contributed by atoms with E-state index in [1.165, 1.54) is 7.11 Å². The number of rotatable bonds is 7. The zero-order chi connectivity index (χ0) is 15.8. The number of hydrogen-bond donors (Lipinski definition) is 2. The molecule has 0 fully saturated rings. The molecule has 0 heterocycles. The average molecular weight is 361 g/mol. The van der Waals surface area contributed by atoms with Gasteiger partial charge in [0.15, 0.2) is 11.5 Å². The molecule has 7 heteroatoms. The fraction of sp³-hybridized carbons (Fsp3) is 0.500. The lowest BCUT2D eigenvalue weighted by atomic mass is 10.2. The second-order valence-corrected chi connectivity index (χ2v) is 5.18. The molecule has 1 aromatic carbocycles. The fourth-order valence-electron chi connectivity index (χ4n) is 1.85. The summed E-state index contributed by atoms with van der Waals surface area (Å²) in [5, 5.41) is 11.8. The average Bonchev–Trinajstić information content (AvgIpc) is 2.48. The van der Waals surface area contributed by atoms with Crippen LogP contribution in [-0.4, -0.2) is 50.0 Å². The van der Waals surface area contributed by atoms with Crippen LogP contribution in [0.3, 0.4) is 0 Å². The van der Waals surface area contributed by atoms with Crippen molar-refractivity contribution in [3.8, 4) is 11.5 Å². The first-order valence-electron chi connectivity index (χ1n) is 6.65. The van der Waals surface area contributed by atoms with E-state index in [9.17, 15) is 4.79 Å². The second kappa shape index (κ2) is 8.74. The summed E-state index contributed by atoms with van der Waals surface area (Å²) >= 11 is 3.39. The third-order valence-corrected chi connectivity index (χ3v) is 3.52. The zero-order valence-corrected chi connectivity index (χ0v) is 14.1. The summed E-state index contributed by atoms with van der Waals surface area (Å²) in [5.41, 5.74) is 0.580. The van der Waals surface area contributed by atoms with Gasteiger partial charge in [-0.1, -0.05) is 6.92 Å². The topological polar surface area (TPSA) is 71.0 Å². The molecule has 0 bridgehead atoms. The molecule has 1 aromatic rings. The van der Waals surface area contributed by atoms with Crippen molar-refractivity contribution in [2.45, 2.75) is 13.3 Å². The minimum atomic E-state index is -0.265. The zero-order valence-electron chi connectivity index (χ0n) is 12.5. The van der Waals surface area contributed by atoms with Gasteiger partial charge in [-0.05, 0) is 22.4 Å². The van der Waals surface area contributed by atoms with Gasteiger partial charge >= 0.3 is 6.03 Å². The van der Waals surface area contributed by atoms with Gasteiger partial charge in [0, 0.05) is 29.7 Å². The molecule has 1 rings (SSSR count). The van der Waals surface area contributed by atoms with E-state index in [1.807, 2.05) is 6.92 Å². The highest BCUT2D eigenvalue weighted by Crippen LogP contribution is 2.36. The number of nitrogens with one attached hydrogen (secondary N) is 1. The first-order valence-corrected chi connectivity index (χ1v) is 7.44. The largest absolute Gasteiger partial charge is 0.493 e. The third kappa shape index (κ3) is 4.78. The van der Waals surface area contributed by atoms with E-state index >= 15 is 0 Å². The Bertz CT molecular complexity index is 476. The molecule has 0 atom stereocenters. The van der Waals surface area contributed by atoms with E-state index in [-0.39, 0.29) is 12.6 Å². The van der Waals surface area contributed by atoms with Crippen LogP contribution in [0.1, 0.15) is 13.3 Å². The van der Waals surface area contributed by atoms with Crippen molar-refractivity contribution in [2.75, 3.05) is 39.2 Å². The minimum Gasteiger partial charge on any atom is -0.493 e. The van der Waals surface area contributed by atoms with Gasteiger partial charge in [-0.2, -0.15) is 0 Å². The lowest BCUT2D eigenvalue weighted by Gasteiger charge is -2.22. The smallest absolute Gasteiger partial charge is 0.321 e. The number of aliphatic hydroxyl groups excluding tert-OH is 1.